The molecule has 0 aliphatic heterocycles. The lowest BCUT2D eigenvalue weighted by Gasteiger charge is -2.18. The van der Waals surface area contributed by atoms with E-state index >= 15 is 0 Å². The van der Waals surface area contributed by atoms with Crippen LogP contribution in [0.4, 0.5) is 0 Å². The number of allylic oxidation sites excluding steroid dienone is 16. The number of hydrogen-bond donors (Lipinski definition) is 0. The molecule has 0 aliphatic rings. The smallest absolute Gasteiger partial charge is 0.306 e. The van der Waals surface area contributed by atoms with Crippen molar-refractivity contribution in [3.8, 4) is 0 Å². The first kappa shape index (κ1) is 59.3. The number of hydrogen-bond acceptors (Lipinski definition) is 6. The van der Waals surface area contributed by atoms with Crippen LogP contribution in [0, 0.1) is 0 Å². The molecule has 0 spiro atoms. The number of esters is 3. The number of carbonyl (C=O) groups is 3. The normalized spacial score (nSPS) is 12.9. The van der Waals surface area contributed by atoms with Gasteiger partial charge in [-0.1, -0.05) is 240 Å². The van der Waals surface area contributed by atoms with E-state index in [1.807, 2.05) is 72.9 Å². The summed E-state index contributed by atoms with van der Waals surface area (Å²) in [5, 5.41) is 0. The van der Waals surface area contributed by atoms with Crippen molar-refractivity contribution in [1.29, 1.82) is 0 Å². The third-order valence-electron chi connectivity index (χ3n) is 10.8. The van der Waals surface area contributed by atoms with E-state index in [0.717, 1.165) is 83.5 Å². The summed E-state index contributed by atoms with van der Waals surface area (Å²) in [7, 11) is 0. The number of rotatable bonds is 45. The molecule has 6 nitrogen and oxygen atoms in total. The SMILES string of the molecule is CC\C=C/C=C\C=C/C=C\C=C\C=C/C=C\CCCCCC(=O)OCC(COC(=O)CCCCCCCCCCCCCC)OC(=O)CCCCC/C=C\CCCCCCCCC. The van der Waals surface area contributed by atoms with Crippen LogP contribution < -0.4 is 0 Å². The Balaban J connectivity index is 4.51. The van der Waals surface area contributed by atoms with Gasteiger partial charge < -0.3 is 14.2 Å². The molecule has 0 radical (unpaired) electrons. The van der Waals surface area contributed by atoms with E-state index in [4.69, 9.17) is 14.2 Å². The molecule has 0 aliphatic carbocycles. The molecule has 0 saturated carbocycles. The Morgan fingerprint density at radius 3 is 1.03 bits per heavy atom. The summed E-state index contributed by atoms with van der Waals surface area (Å²) in [5.74, 6) is -0.962. The van der Waals surface area contributed by atoms with Gasteiger partial charge in [-0.05, 0) is 64.2 Å². The second-order valence-electron chi connectivity index (χ2n) is 16.9. The molecule has 6 heteroatoms. The van der Waals surface area contributed by atoms with Gasteiger partial charge in [0.25, 0.3) is 0 Å². The molecule has 0 bridgehead atoms. The zero-order chi connectivity index (χ0) is 45.8. The van der Waals surface area contributed by atoms with Crippen LogP contribution in [0.25, 0.3) is 0 Å². The number of carbonyl (C=O) groups excluding carboxylic acids is 3. The summed E-state index contributed by atoms with van der Waals surface area (Å²) in [4.78, 5) is 37.9. The Morgan fingerprint density at radius 1 is 0.333 bits per heavy atom. The molecule has 0 saturated heterocycles. The predicted octanol–water partition coefficient (Wildman–Crippen LogP) is 17.0. The van der Waals surface area contributed by atoms with E-state index in [-0.39, 0.29) is 31.1 Å². The fourth-order valence-electron chi connectivity index (χ4n) is 6.89. The highest BCUT2D eigenvalue weighted by molar-refractivity contribution is 5.71. The quantitative estimate of drug-likeness (QED) is 0.0199. The van der Waals surface area contributed by atoms with Crippen molar-refractivity contribution in [3.63, 3.8) is 0 Å². The fourth-order valence-corrected chi connectivity index (χ4v) is 6.89. The molecule has 358 valence electrons. The molecule has 1 unspecified atom stereocenters. The summed E-state index contributed by atoms with van der Waals surface area (Å²) in [6, 6.07) is 0. The Labute approximate surface area is 387 Å². The molecule has 0 rings (SSSR count). The predicted molar refractivity (Wildman–Crippen MR) is 270 cm³/mol. The van der Waals surface area contributed by atoms with E-state index in [1.54, 1.807) is 0 Å². The molecule has 0 N–H and O–H groups in total. The van der Waals surface area contributed by atoms with Crippen molar-refractivity contribution >= 4 is 17.9 Å². The minimum Gasteiger partial charge on any atom is -0.462 e. The van der Waals surface area contributed by atoms with Crippen LogP contribution >= 0.6 is 0 Å². The maximum absolute atomic E-state index is 12.8. The highest BCUT2D eigenvalue weighted by atomic mass is 16.6. The van der Waals surface area contributed by atoms with Gasteiger partial charge in [0.15, 0.2) is 6.10 Å². The third kappa shape index (κ3) is 49.2. The lowest BCUT2D eigenvalue weighted by molar-refractivity contribution is -0.167. The highest BCUT2D eigenvalue weighted by Gasteiger charge is 2.19. The fraction of sp³-hybridized carbons (Fsp3) is 0.667. The van der Waals surface area contributed by atoms with Gasteiger partial charge in [0, 0.05) is 19.3 Å². The summed E-state index contributed by atoms with van der Waals surface area (Å²) < 4.78 is 16.7. The zero-order valence-corrected chi connectivity index (χ0v) is 40.8. The molecule has 63 heavy (non-hydrogen) atoms. The molecule has 0 aromatic rings. The minimum absolute atomic E-state index is 0.0977. The molecule has 0 amide bonds. The number of ether oxygens (including phenoxy) is 3. The molecule has 0 heterocycles. The van der Waals surface area contributed by atoms with Gasteiger partial charge in [0.05, 0.1) is 0 Å². The zero-order valence-electron chi connectivity index (χ0n) is 40.8. The van der Waals surface area contributed by atoms with Crippen LogP contribution in [-0.4, -0.2) is 37.2 Å². The Hall–Kier alpha value is -3.67. The maximum Gasteiger partial charge on any atom is 0.306 e. The van der Waals surface area contributed by atoms with Gasteiger partial charge in [-0.15, -0.1) is 0 Å². The van der Waals surface area contributed by atoms with Crippen molar-refractivity contribution < 1.29 is 28.6 Å². The first-order chi connectivity index (χ1) is 31.0. The van der Waals surface area contributed by atoms with Crippen LogP contribution in [0.3, 0.4) is 0 Å². The Bertz CT molecular complexity index is 1280. The summed E-state index contributed by atoms with van der Waals surface area (Å²) in [6.07, 6.45) is 66.7. The second kappa shape index (κ2) is 51.0. The van der Waals surface area contributed by atoms with Crippen LogP contribution in [0.15, 0.2) is 97.2 Å². The minimum atomic E-state index is -0.803. The van der Waals surface area contributed by atoms with Crippen molar-refractivity contribution in [3.05, 3.63) is 97.2 Å². The third-order valence-corrected chi connectivity index (χ3v) is 10.8. The Morgan fingerprint density at radius 2 is 0.635 bits per heavy atom. The average Bonchev–Trinajstić information content (AvgIpc) is 3.28. The largest absolute Gasteiger partial charge is 0.462 e. The van der Waals surface area contributed by atoms with E-state index in [0.29, 0.717) is 19.3 Å². The van der Waals surface area contributed by atoms with Crippen molar-refractivity contribution in [2.45, 2.75) is 232 Å². The molecular weight excluding hydrogens is 781 g/mol. The summed E-state index contributed by atoms with van der Waals surface area (Å²) in [5.41, 5.74) is 0. The lowest BCUT2D eigenvalue weighted by Crippen LogP contribution is -2.30. The van der Waals surface area contributed by atoms with Gasteiger partial charge in [-0.25, -0.2) is 0 Å². The lowest BCUT2D eigenvalue weighted by atomic mass is 10.0. The van der Waals surface area contributed by atoms with Crippen molar-refractivity contribution in [2.24, 2.45) is 0 Å². The van der Waals surface area contributed by atoms with E-state index in [1.165, 1.54) is 103 Å². The number of unbranched alkanes of at least 4 members (excludes halogenated alkanes) is 24. The first-order valence-corrected chi connectivity index (χ1v) is 25.8. The van der Waals surface area contributed by atoms with Gasteiger partial charge in [0.2, 0.25) is 0 Å². The molecule has 0 fully saturated rings. The van der Waals surface area contributed by atoms with Crippen LogP contribution in [-0.2, 0) is 28.6 Å². The molecule has 0 aromatic heterocycles. The van der Waals surface area contributed by atoms with Crippen molar-refractivity contribution in [1.82, 2.24) is 0 Å². The van der Waals surface area contributed by atoms with E-state index in [9.17, 15) is 14.4 Å². The second-order valence-corrected chi connectivity index (χ2v) is 16.9. The monoisotopic (exact) mass is 875 g/mol. The standard InChI is InChI=1S/C57H94O6/c1-4-7-10-13-16-19-22-25-27-28-29-30-31-33-35-38-41-44-47-50-56(59)62-53-54(52-61-55(58)49-46-43-40-37-34-24-21-18-15-12-9-6-3)63-57(60)51-48-45-42-39-36-32-26-23-20-17-14-11-8-5-2/h7,10,13,16,19,22,25,27-33,35-36,54H,4-6,8-9,11-12,14-15,17-18,20-21,23-24,26,34,37-53H2,1-3H3/b10-7-,16-13-,22-19-,27-25-,29-28+,31-30-,35-33-,36-32-. The van der Waals surface area contributed by atoms with Gasteiger partial charge in [-0.3, -0.25) is 14.4 Å². The van der Waals surface area contributed by atoms with E-state index < -0.39 is 6.10 Å². The maximum atomic E-state index is 12.8. The topological polar surface area (TPSA) is 78.9 Å². The first-order valence-electron chi connectivity index (χ1n) is 25.8. The van der Waals surface area contributed by atoms with Gasteiger partial charge >= 0.3 is 17.9 Å². The summed E-state index contributed by atoms with van der Waals surface area (Å²) in [6.45, 7) is 6.43. The molecular formula is C57H94O6. The van der Waals surface area contributed by atoms with Crippen LogP contribution in [0.1, 0.15) is 226 Å². The van der Waals surface area contributed by atoms with Gasteiger partial charge in [-0.2, -0.15) is 0 Å². The van der Waals surface area contributed by atoms with Gasteiger partial charge in [0.1, 0.15) is 13.2 Å². The average molecular weight is 875 g/mol. The van der Waals surface area contributed by atoms with Crippen LogP contribution in [0.2, 0.25) is 0 Å². The van der Waals surface area contributed by atoms with Crippen molar-refractivity contribution in [2.75, 3.05) is 13.2 Å². The summed E-state index contributed by atoms with van der Waals surface area (Å²) >= 11 is 0. The van der Waals surface area contributed by atoms with Crippen LogP contribution in [0.5, 0.6) is 0 Å². The molecule has 0 aromatic carbocycles. The highest BCUT2D eigenvalue weighted by Crippen LogP contribution is 2.14. The molecule has 1 atom stereocenters. The van der Waals surface area contributed by atoms with E-state index in [2.05, 4.69) is 45.1 Å². The Kier molecular flexibility index (Phi) is 48.0.